The number of nitro groups is 1. The number of nitro benzene ring substituents is 1. The van der Waals surface area contributed by atoms with Gasteiger partial charge in [-0.05, 0) is 32.0 Å². The van der Waals surface area contributed by atoms with Gasteiger partial charge in [0.1, 0.15) is 0 Å². The molecule has 0 atom stereocenters. The Hall–Kier alpha value is -2.15. The van der Waals surface area contributed by atoms with Crippen molar-refractivity contribution in [1.29, 1.82) is 0 Å². The zero-order valence-electron chi connectivity index (χ0n) is 10.7. The van der Waals surface area contributed by atoms with Crippen molar-refractivity contribution >= 4 is 11.6 Å². The Morgan fingerprint density at radius 1 is 1.53 bits per heavy atom. The monoisotopic (exact) mass is 267 g/mol. The molecule has 0 radical (unpaired) electrons. The van der Waals surface area contributed by atoms with E-state index in [1.165, 1.54) is 18.2 Å². The van der Waals surface area contributed by atoms with E-state index in [1.807, 2.05) is 0 Å². The minimum absolute atomic E-state index is 0.158. The first-order chi connectivity index (χ1) is 9.10. The van der Waals surface area contributed by atoms with Crippen LogP contribution in [0.2, 0.25) is 0 Å². The molecule has 1 aromatic rings. The number of nitrogens with two attached hydrogens (primary N) is 1. The molecule has 0 unspecified atom stereocenters. The van der Waals surface area contributed by atoms with Gasteiger partial charge in [-0.15, -0.1) is 0 Å². The molecule has 7 heteroatoms. The van der Waals surface area contributed by atoms with Crippen LogP contribution in [0.25, 0.3) is 0 Å². The van der Waals surface area contributed by atoms with Crippen LogP contribution < -0.4 is 15.8 Å². The number of rotatable bonds is 7. The molecule has 0 aliphatic heterocycles. The fourth-order valence-corrected chi connectivity index (χ4v) is 1.48. The molecule has 104 valence electrons. The van der Waals surface area contributed by atoms with E-state index in [-0.39, 0.29) is 22.9 Å². The van der Waals surface area contributed by atoms with Crippen molar-refractivity contribution in [3.63, 3.8) is 0 Å². The molecule has 3 N–H and O–H groups in total. The van der Waals surface area contributed by atoms with Crippen molar-refractivity contribution in [3.05, 3.63) is 33.9 Å². The molecule has 19 heavy (non-hydrogen) atoms. The lowest BCUT2D eigenvalue weighted by Crippen LogP contribution is -2.26. The van der Waals surface area contributed by atoms with Crippen LogP contribution in [0, 0.1) is 10.1 Å². The maximum atomic E-state index is 11.7. The number of nitrogens with one attached hydrogen (secondary N) is 1. The van der Waals surface area contributed by atoms with Crippen LogP contribution in [0.3, 0.4) is 0 Å². The van der Waals surface area contributed by atoms with Gasteiger partial charge in [-0.2, -0.15) is 0 Å². The molecule has 0 bridgehead atoms. The lowest BCUT2D eigenvalue weighted by atomic mass is 10.1. The van der Waals surface area contributed by atoms with Crippen molar-refractivity contribution in [2.45, 2.75) is 13.3 Å². The van der Waals surface area contributed by atoms with Gasteiger partial charge in [0, 0.05) is 18.2 Å². The van der Waals surface area contributed by atoms with Crippen molar-refractivity contribution in [2.24, 2.45) is 5.73 Å². The summed E-state index contributed by atoms with van der Waals surface area (Å²) in [6.07, 6.45) is 0.658. The summed E-state index contributed by atoms with van der Waals surface area (Å²) in [4.78, 5) is 22.1. The number of carbonyl (C=O) groups is 1. The van der Waals surface area contributed by atoms with Crippen molar-refractivity contribution in [2.75, 3.05) is 19.7 Å². The molecule has 1 aromatic carbocycles. The predicted molar refractivity (Wildman–Crippen MR) is 70.3 cm³/mol. The summed E-state index contributed by atoms with van der Waals surface area (Å²) >= 11 is 0. The lowest BCUT2D eigenvalue weighted by molar-refractivity contribution is -0.385. The van der Waals surface area contributed by atoms with Crippen molar-refractivity contribution in [1.82, 2.24) is 5.32 Å². The van der Waals surface area contributed by atoms with Crippen LogP contribution in [0.1, 0.15) is 23.7 Å². The van der Waals surface area contributed by atoms with E-state index < -0.39 is 4.92 Å². The highest BCUT2D eigenvalue weighted by Crippen LogP contribution is 2.27. The number of ether oxygens (including phenoxy) is 1. The van der Waals surface area contributed by atoms with Gasteiger partial charge in [0.25, 0.3) is 5.91 Å². The first-order valence-corrected chi connectivity index (χ1v) is 5.99. The van der Waals surface area contributed by atoms with Gasteiger partial charge in [-0.3, -0.25) is 14.9 Å². The summed E-state index contributed by atoms with van der Waals surface area (Å²) in [5, 5.41) is 13.5. The first-order valence-electron chi connectivity index (χ1n) is 5.99. The molecular formula is C12H17N3O4. The summed E-state index contributed by atoms with van der Waals surface area (Å²) in [5.41, 5.74) is 5.33. The van der Waals surface area contributed by atoms with Gasteiger partial charge < -0.3 is 15.8 Å². The summed E-state index contributed by atoms with van der Waals surface area (Å²) < 4.78 is 5.14. The Morgan fingerprint density at radius 2 is 2.26 bits per heavy atom. The van der Waals surface area contributed by atoms with E-state index in [1.54, 1.807) is 6.92 Å². The maximum Gasteiger partial charge on any atom is 0.311 e. The molecule has 0 aromatic heterocycles. The molecule has 1 rings (SSSR count). The summed E-state index contributed by atoms with van der Waals surface area (Å²) in [7, 11) is 0. The second-order valence-electron chi connectivity index (χ2n) is 3.77. The van der Waals surface area contributed by atoms with E-state index in [9.17, 15) is 14.9 Å². The quantitative estimate of drug-likeness (QED) is 0.436. The minimum atomic E-state index is -0.568. The van der Waals surface area contributed by atoms with E-state index >= 15 is 0 Å². The van der Waals surface area contributed by atoms with E-state index in [4.69, 9.17) is 10.5 Å². The van der Waals surface area contributed by atoms with Crippen LogP contribution in [-0.2, 0) is 0 Å². The lowest BCUT2D eigenvalue weighted by Gasteiger charge is -2.07. The van der Waals surface area contributed by atoms with E-state index in [0.29, 0.717) is 26.1 Å². The van der Waals surface area contributed by atoms with Gasteiger partial charge in [0.15, 0.2) is 5.75 Å². The predicted octanol–water partition coefficient (Wildman–Crippen LogP) is 1.07. The summed E-state index contributed by atoms with van der Waals surface area (Å²) in [6.45, 7) is 2.97. The second-order valence-corrected chi connectivity index (χ2v) is 3.77. The minimum Gasteiger partial charge on any atom is -0.487 e. The maximum absolute atomic E-state index is 11.7. The SMILES string of the molecule is CCOc1ccc(C(=O)NCCCN)cc1[N+](=O)[O-]. The Balaban J connectivity index is 2.88. The van der Waals surface area contributed by atoms with Crippen molar-refractivity contribution in [3.8, 4) is 5.75 Å². The largest absolute Gasteiger partial charge is 0.487 e. The van der Waals surface area contributed by atoms with Crippen LogP contribution >= 0.6 is 0 Å². The van der Waals surface area contributed by atoms with Gasteiger partial charge in [-0.25, -0.2) is 0 Å². The van der Waals surface area contributed by atoms with Crippen LogP contribution in [-0.4, -0.2) is 30.5 Å². The zero-order chi connectivity index (χ0) is 14.3. The molecule has 7 nitrogen and oxygen atoms in total. The van der Waals surface area contributed by atoms with Gasteiger partial charge in [-0.1, -0.05) is 0 Å². The van der Waals surface area contributed by atoms with Crippen LogP contribution in [0.4, 0.5) is 5.69 Å². The zero-order valence-corrected chi connectivity index (χ0v) is 10.7. The molecule has 0 saturated heterocycles. The average molecular weight is 267 g/mol. The highest BCUT2D eigenvalue weighted by Gasteiger charge is 2.18. The van der Waals surface area contributed by atoms with E-state index in [2.05, 4.69) is 5.32 Å². The Labute approximate surface area is 110 Å². The number of nitrogens with zero attached hydrogens (tertiary/aromatic N) is 1. The second kappa shape index (κ2) is 7.32. The number of hydrogen-bond acceptors (Lipinski definition) is 5. The van der Waals surface area contributed by atoms with Crippen LogP contribution in [0.5, 0.6) is 5.75 Å². The fraction of sp³-hybridized carbons (Fsp3) is 0.417. The average Bonchev–Trinajstić information content (AvgIpc) is 2.39. The van der Waals surface area contributed by atoms with E-state index in [0.717, 1.165) is 0 Å². The Bertz CT molecular complexity index is 462. The standard InChI is InChI=1S/C12H17N3O4/c1-2-19-11-5-4-9(8-10(11)15(17)18)12(16)14-7-3-6-13/h4-5,8H,2-3,6-7,13H2,1H3,(H,14,16). The fourth-order valence-electron chi connectivity index (χ4n) is 1.48. The summed E-state index contributed by atoms with van der Waals surface area (Å²) in [6, 6.07) is 4.14. The molecule has 0 fully saturated rings. The molecular weight excluding hydrogens is 250 g/mol. The van der Waals surface area contributed by atoms with Gasteiger partial charge in [0.05, 0.1) is 11.5 Å². The smallest absolute Gasteiger partial charge is 0.311 e. The van der Waals surface area contributed by atoms with Crippen molar-refractivity contribution < 1.29 is 14.5 Å². The van der Waals surface area contributed by atoms with Crippen LogP contribution in [0.15, 0.2) is 18.2 Å². The van der Waals surface area contributed by atoms with Gasteiger partial charge >= 0.3 is 5.69 Å². The first kappa shape index (κ1) is 14.9. The third-order valence-corrected chi connectivity index (χ3v) is 2.38. The topological polar surface area (TPSA) is 107 Å². The Kier molecular flexibility index (Phi) is 5.74. The highest BCUT2D eigenvalue weighted by atomic mass is 16.6. The Morgan fingerprint density at radius 3 is 2.84 bits per heavy atom. The molecule has 0 spiro atoms. The number of hydrogen-bond donors (Lipinski definition) is 2. The number of benzene rings is 1. The third kappa shape index (κ3) is 4.22. The highest BCUT2D eigenvalue weighted by molar-refractivity contribution is 5.95. The molecule has 0 aliphatic rings. The molecule has 0 aliphatic carbocycles. The molecule has 1 amide bonds. The molecule has 0 heterocycles. The number of amides is 1. The third-order valence-electron chi connectivity index (χ3n) is 2.38. The number of carbonyl (C=O) groups excluding carboxylic acids is 1. The normalized spacial score (nSPS) is 10.0. The van der Waals surface area contributed by atoms with Gasteiger partial charge in [0.2, 0.25) is 0 Å². The summed E-state index contributed by atoms with van der Waals surface area (Å²) in [5.74, 6) is -0.203. The molecule has 0 saturated carbocycles.